The van der Waals surface area contributed by atoms with Crippen molar-refractivity contribution in [3.05, 3.63) is 47.9 Å². The van der Waals surface area contributed by atoms with Crippen molar-refractivity contribution >= 4 is 11.6 Å². The van der Waals surface area contributed by atoms with Gasteiger partial charge in [-0.15, -0.1) is 5.10 Å². The average molecular weight is 256 g/mol. The Labute approximate surface area is 111 Å². The van der Waals surface area contributed by atoms with Crippen LogP contribution in [0, 0.1) is 0 Å². The van der Waals surface area contributed by atoms with Crippen LogP contribution in [-0.4, -0.2) is 23.3 Å². The van der Waals surface area contributed by atoms with Gasteiger partial charge in [0.05, 0.1) is 6.54 Å². The Balaban J connectivity index is 1.73. The summed E-state index contributed by atoms with van der Waals surface area (Å²) in [5.41, 5.74) is 8.12. The zero-order valence-corrected chi connectivity index (χ0v) is 10.6. The molecule has 3 rings (SSSR count). The van der Waals surface area contributed by atoms with Crippen LogP contribution in [0.2, 0.25) is 0 Å². The molecule has 0 atom stereocenters. The van der Waals surface area contributed by atoms with E-state index in [0.717, 1.165) is 19.5 Å². The Hall–Kier alpha value is -2.14. The Morgan fingerprint density at radius 2 is 2.05 bits per heavy atom. The number of rotatable bonds is 3. The maximum atomic E-state index is 5.46. The van der Waals surface area contributed by atoms with Crippen LogP contribution >= 0.6 is 0 Å². The molecule has 0 unspecified atom stereocenters. The van der Waals surface area contributed by atoms with Gasteiger partial charge >= 0.3 is 6.01 Å². The number of anilines is 1. The summed E-state index contributed by atoms with van der Waals surface area (Å²) in [6.45, 7) is 1.95. The third kappa shape index (κ3) is 2.51. The lowest BCUT2D eigenvalue weighted by atomic mass is 10.00. The SMILES string of the molecule is NCc1nnc(N2CC=C(c3ccccc3)CC2)o1. The quantitative estimate of drug-likeness (QED) is 0.907. The van der Waals surface area contributed by atoms with Gasteiger partial charge in [-0.2, -0.15) is 0 Å². The van der Waals surface area contributed by atoms with Gasteiger partial charge in [0, 0.05) is 13.1 Å². The predicted octanol–water partition coefficient (Wildman–Crippen LogP) is 1.82. The van der Waals surface area contributed by atoms with Crippen molar-refractivity contribution in [2.75, 3.05) is 18.0 Å². The summed E-state index contributed by atoms with van der Waals surface area (Å²) < 4.78 is 5.46. The second-order valence-electron chi connectivity index (χ2n) is 4.47. The highest BCUT2D eigenvalue weighted by atomic mass is 16.4. The molecule has 98 valence electrons. The topological polar surface area (TPSA) is 68.2 Å². The summed E-state index contributed by atoms with van der Waals surface area (Å²) in [6, 6.07) is 11.0. The Morgan fingerprint density at radius 3 is 2.68 bits per heavy atom. The van der Waals surface area contributed by atoms with Crippen LogP contribution in [-0.2, 0) is 6.54 Å². The standard InChI is InChI=1S/C14H16N4O/c15-10-13-16-17-14(19-13)18-8-6-12(7-9-18)11-4-2-1-3-5-11/h1-6H,7-10,15H2. The minimum atomic E-state index is 0.284. The van der Waals surface area contributed by atoms with E-state index in [1.807, 2.05) is 6.07 Å². The molecule has 0 amide bonds. The Bertz CT molecular complexity index is 576. The van der Waals surface area contributed by atoms with Crippen LogP contribution in [0.15, 0.2) is 40.8 Å². The zero-order chi connectivity index (χ0) is 13.1. The Morgan fingerprint density at radius 1 is 1.21 bits per heavy atom. The second-order valence-corrected chi connectivity index (χ2v) is 4.47. The van der Waals surface area contributed by atoms with Crippen molar-refractivity contribution in [2.45, 2.75) is 13.0 Å². The average Bonchev–Trinajstić information content (AvgIpc) is 2.97. The zero-order valence-electron chi connectivity index (χ0n) is 10.6. The second kappa shape index (κ2) is 5.24. The molecule has 0 saturated carbocycles. The molecule has 0 radical (unpaired) electrons. The van der Waals surface area contributed by atoms with Crippen molar-refractivity contribution in [1.82, 2.24) is 10.2 Å². The smallest absolute Gasteiger partial charge is 0.318 e. The molecule has 0 aliphatic carbocycles. The predicted molar refractivity (Wildman–Crippen MR) is 73.4 cm³/mol. The van der Waals surface area contributed by atoms with Crippen molar-refractivity contribution < 1.29 is 4.42 Å². The van der Waals surface area contributed by atoms with E-state index < -0.39 is 0 Å². The number of aromatic nitrogens is 2. The first-order chi connectivity index (χ1) is 9.36. The minimum absolute atomic E-state index is 0.284. The lowest BCUT2D eigenvalue weighted by molar-refractivity contribution is 0.487. The number of hydrogen-bond acceptors (Lipinski definition) is 5. The highest BCUT2D eigenvalue weighted by Crippen LogP contribution is 2.24. The summed E-state index contributed by atoms with van der Waals surface area (Å²) in [7, 11) is 0. The lowest BCUT2D eigenvalue weighted by Crippen LogP contribution is -2.28. The fourth-order valence-corrected chi connectivity index (χ4v) is 2.21. The first-order valence-electron chi connectivity index (χ1n) is 6.38. The van der Waals surface area contributed by atoms with Crippen molar-refractivity contribution in [3.63, 3.8) is 0 Å². The van der Waals surface area contributed by atoms with Crippen molar-refractivity contribution in [3.8, 4) is 0 Å². The normalized spacial score (nSPS) is 15.4. The highest BCUT2D eigenvalue weighted by Gasteiger charge is 2.17. The fourth-order valence-electron chi connectivity index (χ4n) is 2.21. The third-order valence-corrected chi connectivity index (χ3v) is 3.26. The lowest BCUT2D eigenvalue weighted by Gasteiger charge is -2.24. The molecular formula is C14H16N4O. The van der Waals surface area contributed by atoms with Gasteiger partial charge in [0.25, 0.3) is 0 Å². The van der Waals surface area contributed by atoms with Gasteiger partial charge in [0.2, 0.25) is 5.89 Å². The maximum Gasteiger partial charge on any atom is 0.318 e. The first kappa shape index (κ1) is 11.9. The Kier molecular flexibility index (Phi) is 3.29. The molecule has 5 nitrogen and oxygen atoms in total. The molecule has 5 heteroatoms. The minimum Gasteiger partial charge on any atom is -0.407 e. The van der Waals surface area contributed by atoms with Crippen molar-refractivity contribution in [2.24, 2.45) is 5.73 Å². The van der Waals surface area contributed by atoms with E-state index in [4.69, 9.17) is 10.2 Å². The molecule has 0 bridgehead atoms. The fraction of sp³-hybridized carbons (Fsp3) is 0.286. The summed E-state index contributed by atoms with van der Waals surface area (Å²) in [4.78, 5) is 2.07. The molecular weight excluding hydrogens is 240 g/mol. The van der Waals surface area contributed by atoms with Gasteiger partial charge in [-0.3, -0.25) is 0 Å². The monoisotopic (exact) mass is 256 g/mol. The molecule has 19 heavy (non-hydrogen) atoms. The van der Waals surface area contributed by atoms with Crippen LogP contribution in [0.4, 0.5) is 6.01 Å². The number of hydrogen-bond donors (Lipinski definition) is 1. The molecule has 0 fully saturated rings. The molecule has 0 saturated heterocycles. The number of benzene rings is 1. The van der Waals surface area contributed by atoms with Crippen LogP contribution in [0.25, 0.3) is 5.57 Å². The number of nitrogens with two attached hydrogens (primary N) is 1. The van der Waals surface area contributed by atoms with Gasteiger partial charge in [-0.05, 0) is 17.6 Å². The van der Waals surface area contributed by atoms with E-state index in [0.29, 0.717) is 11.9 Å². The van der Waals surface area contributed by atoms with E-state index >= 15 is 0 Å². The maximum absolute atomic E-state index is 5.46. The van der Waals surface area contributed by atoms with Gasteiger partial charge in [-0.1, -0.05) is 41.5 Å². The molecule has 1 aromatic carbocycles. The molecule has 2 heterocycles. The van der Waals surface area contributed by atoms with Crippen LogP contribution in [0.5, 0.6) is 0 Å². The van der Waals surface area contributed by atoms with Gasteiger partial charge < -0.3 is 15.1 Å². The van der Waals surface area contributed by atoms with E-state index in [1.165, 1.54) is 11.1 Å². The van der Waals surface area contributed by atoms with E-state index in [9.17, 15) is 0 Å². The van der Waals surface area contributed by atoms with Gasteiger partial charge in [0.15, 0.2) is 0 Å². The van der Waals surface area contributed by atoms with E-state index in [2.05, 4.69) is 45.4 Å². The molecule has 1 aromatic heterocycles. The molecule has 1 aliphatic rings. The van der Waals surface area contributed by atoms with E-state index in [-0.39, 0.29) is 6.54 Å². The largest absolute Gasteiger partial charge is 0.407 e. The summed E-state index contributed by atoms with van der Waals surface area (Å²) in [5.74, 6) is 0.479. The van der Waals surface area contributed by atoms with Crippen LogP contribution in [0.1, 0.15) is 17.9 Å². The molecule has 0 spiro atoms. The summed E-state index contributed by atoms with van der Waals surface area (Å²) in [6.07, 6.45) is 3.19. The molecule has 2 N–H and O–H groups in total. The molecule has 2 aromatic rings. The number of nitrogens with zero attached hydrogens (tertiary/aromatic N) is 3. The van der Waals surface area contributed by atoms with Crippen molar-refractivity contribution in [1.29, 1.82) is 0 Å². The highest BCUT2D eigenvalue weighted by molar-refractivity contribution is 5.67. The molecule has 1 aliphatic heterocycles. The first-order valence-corrected chi connectivity index (χ1v) is 6.38. The van der Waals surface area contributed by atoms with E-state index in [1.54, 1.807) is 0 Å². The van der Waals surface area contributed by atoms with Gasteiger partial charge in [0.1, 0.15) is 0 Å². The van der Waals surface area contributed by atoms with Gasteiger partial charge in [-0.25, -0.2) is 0 Å². The third-order valence-electron chi connectivity index (χ3n) is 3.26. The summed E-state index contributed by atoms with van der Waals surface area (Å²) in [5, 5.41) is 7.89. The summed E-state index contributed by atoms with van der Waals surface area (Å²) >= 11 is 0. The van der Waals surface area contributed by atoms with Crippen LogP contribution in [0.3, 0.4) is 0 Å². The van der Waals surface area contributed by atoms with Crippen LogP contribution < -0.4 is 10.6 Å².